The molecule has 0 spiro atoms. The van der Waals surface area contributed by atoms with Gasteiger partial charge in [0.15, 0.2) is 0 Å². The normalized spacial score (nSPS) is 11.7. The van der Waals surface area contributed by atoms with Gasteiger partial charge in [-0.2, -0.15) is 0 Å². The van der Waals surface area contributed by atoms with Crippen LogP contribution in [0.1, 0.15) is 32.6 Å². The minimum absolute atomic E-state index is 0.277. The number of esters is 2. The van der Waals surface area contributed by atoms with Gasteiger partial charge in [0.2, 0.25) is 0 Å². The van der Waals surface area contributed by atoms with Crippen LogP contribution < -0.4 is 0 Å². The SMILES string of the molecule is COC/C=C/C=C/C/C=C\CCCC(=O)OC(C)=O. The Morgan fingerprint density at radius 3 is 2.47 bits per heavy atom. The molecule has 0 atom stereocenters. The van der Waals surface area contributed by atoms with Crippen LogP contribution in [0.4, 0.5) is 0 Å². The van der Waals surface area contributed by atoms with Crippen LogP contribution in [-0.4, -0.2) is 25.7 Å². The molecule has 19 heavy (non-hydrogen) atoms. The maximum atomic E-state index is 11.0. The lowest BCUT2D eigenvalue weighted by molar-refractivity contribution is -0.158. The third-order valence-corrected chi connectivity index (χ3v) is 2.09. The number of hydrogen-bond acceptors (Lipinski definition) is 4. The molecule has 0 aliphatic heterocycles. The molecule has 0 aliphatic rings. The van der Waals surface area contributed by atoms with Crippen molar-refractivity contribution in [2.24, 2.45) is 0 Å². The molecule has 0 heterocycles. The van der Waals surface area contributed by atoms with Crippen LogP contribution in [0.25, 0.3) is 0 Å². The molecule has 0 aromatic rings. The highest BCUT2D eigenvalue weighted by Crippen LogP contribution is 2.00. The zero-order chi connectivity index (χ0) is 14.3. The molecule has 0 fully saturated rings. The standard InChI is InChI=1S/C15H22O4/c1-14(16)19-15(17)12-10-8-6-4-3-5-7-9-11-13-18-2/h4-7,9,11H,3,8,10,12-13H2,1-2H3/b6-4-,7-5+,11-9+. The molecule has 4 nitrogen and oxygen atoms in total. The molecule has 0 rings (SSSR count). The van der Waals surface area contributed by atoms with E-state index in [4.69, 9.17) is 4.74 Å². The number of ether oxygens (including phenoxy) is 2. The van der Waals surface area contributed by atoms with Crippen molar-refractivity contribution in [1.29, 1.82) is 0 Å². The van der Waals surface area contributed by atoms with Gasteiger partial charge in [-0.15, -0.1) is 0 Å². The molecule has 0 aromatic heterocycles. The number of hydrogen-bond donors (Lipinski definition) is 0. The highest BCUT2D eigenvalue weighted by atomic mass is 16.6. The van der Waals surface area contributed by atoms with Gasteiger partial charge in [-0.05, 0) is 19.3 Å². The van der Waals surface area contributed by atoms with Gasteiger partial charge >= 0.3 is 11.9 Å². The molecular formula is C15H22O4. The van der Waals surface area contributed by atoms with Crippen molar-refractivity contribution in [2.45, 2.75) is 32.6 Å². The predicted octanol–water partition coefficient (Wildman–Crippen LogP) is 2.95. The molecule has 0 unspecified atom stereocenters. The van der Waals surface area contributed by atoms with Gasteiger partial charge in [-0.3, -0.25) is 9.59 Å². The number of rotatable bonds is 9. The lowest BCUT2D eigenvalue weighted by Gasteiger charge is -1.97. The van der Waals surface area contributed by atoms with Crippen LogP contribution in [0.2, 0.25) is 0 Å². The van der Waals surface area contributed by atoms with Gasteiger partial charge in [-0.1, -0.05) is 36.5 Å². The van der Waals surface area contributed by atoms with Gasteiger partial charge in [0.1, 0.15) is 0 Å². The zero-order valence-corrected chi connectivity index (χ0v) is 11.6. The summed E-state index contributed by atoms with van der Waals surface area (Å²) in [5, 5.41) is 0. The van der Waals surface area contributed by atoms with Crippen molar-refractivity contribution in [3.63, 3.8) is 0 Å². The summed E-state index contributed by atoms with van der Waals surface area (Å²) in [4.78, 5) is 21.5. The number of carbonyl (C=O) groups is 2. The van der Waals surface area contributed by atoms with E-state index in [1.165, 1.54) is 6.92 Å². The second-order valence-electron chi connectivity index (χ2n) is 3.88. The number of unbranched alkanes of at least 4 members (excludes halogenated alkanes) is 1. The van der Waals surface area contributed by atoms with Crippen molar-refractivity contribution in [3.8, 4) is 0 Å². The maximum Gasteiger partial charge on any atom is 0.313 e. The van der Waals surface area contributed by atoms with Crippen LogP contribution in [0.5, 0.6) is 0 Å². The lowest BCUT2D eigenvalue weighted by Crippen LogP contribution is -2.08. The first kappa shape index (κ1) is 17.3. The van der Waals surface area contributed by atoms with Gasteiger partial charge in [0.05, 0.1) is 6.61 Å². The van der Waals surface area contributed by atoms with Crippen LogP contribution >= 0.6 is 0 Å². The molecule has 0 radical (unpaired) electrons. The summed E-state index contributed by atoms with van der Waals surface area (Å²) in [5.41, 5.74) is 0. The fourth-order valence-electron chi connectivity index (χ4n) is 1.26. The molecule has 0 bridgehead atoms. The summed E-state index contributed by atoms with van der Waals surface area (Å²) < 4.78 is 9.27. The number of carbonyl (C=O) groups excluding carboxylic acids is 2. The first-order valence-electron chi connectivity index (χ1n) is 6.33. The van der Waals surface area contributed by atoms with E-state index in [2.05, 4.69) is 4.74 Å². The average molecular weight is 266 g/mol. The van der Waals surface area contributed by atoms with E-state index in [0.29, 0.717) is 13.0 Å². The Balaban J connectivity index is 3.49. The Labute approximate surface area is 114 Å². The Bertz CT molecular complexity index is 340. The summed E-state index contributed by atoms with van der Waals surface area (Å²) >= 11 is 0. The topological polar surface area (TPSA) is 52.6 Å². The van der Waals surface area contributed by atoms with Gasteiger partial charge in [0.25, 0.3) is 0 Å². The van der Waals surface area contributed by atoms with Gasteiger partial charge in [-0.25, -0.2) is 0 Å². The van der Waals surface area contributed by atoms with E-state index in [9.17, 15) is 9.59 Å². The number of methoxy groups -OCH3 is 1. The molecule has 0 saturated heterocycles. The molecule has 0 N–H and O–H groups in total. The van der Waals surface area contributed by atoms with E-state index in [1.807, 2.05) is 36.5 Å². The molecule has 106 valence electrons. The van der Waals surface area contributed by atoms with Crippen molar-refractivity contribution >= 4 is 11.9 Å². The second kappa shape index (κ2) is 12.8. The minimum Gasteiger partial charge on any atom is -0.393 e. The average Bonchev–Trinajstić information content (AvgIpc) is 2.35. The summed E-state index contributed by atoms with van der Waals surface area (Å²) in [6.07, 6.45) is 14.6. The van der Waals surface area contributed by atoms with Gasteiger partial charge in [0, 0.05) is 20.5 Å². The highest BCUT2D eigenvalue weighted by Gasteiger charge is 2.03. The monoisotopic (exact) mass is 266 g/mol. The third kappa shape index (κ3) is 14.3. The smallest absolute Gasteiger partial charge is 0.313 e. The van der Waals surface area contributed by atoms with Crippen LogP contribution in [0, 0.1) is 0 Å². The van der Waals surface area contributed by atoms with E-state index in [-0.39, 0.29) is 6.42 Å². The summed E-state index contributed by atoms with van der Waals surface area (Å²) in [6, 6.07) is 0. The summed E-state index contributed by atoms with van der Waals surface area (Å²) in [7, 11) is 1.66. The molecule has 0 amide bonds. The fraction of sp³-hybridized carbons (Fsp3) is 0.467. The van der Waals surface area contributed by atoms with Crippen molar-refractivity contribution in [2.75, 3.05) is 13.7 Å². The van der Waals surface area contributed by atoms with Crippen molar-refractivity contribution in [3.05, 3.63) is 36.5 Å². The fourth-order valence-corrected chi connectivity index (χ4v) is 1.26. The van der Waals surface area contributed by atoms with E-state index >= 15 is 0 Å². The summed E-state index contributed by atoms with van der Waals surface area (Å²) in [5.74, 6) is -1.00. The molecule has 0 aromatic carbocycles. The Kier molecular flexibility index (Phi) is 11.6. The van der Waals surface area contributed by atoms with Crippen molar-refractivity contribution < 1.29 is 19.1 Å². The quantitative estimate of drug-likeness (QED) is 0.212. The van der Waals surface area contributed by atoms with E-state index in [1.54, 1.807) is 7.11 Å². The highest BCUT2D eigenvalue weighted by molar-refractivity contribution is 5.83. The second-order valence-corrected chi connectivity index (χ2v) is 3.88. The molecule has 4 heteroatoms. The Hall–Kier alpha value is -1.68. The van der Waals surface area contributed by atoms with Crippen LogP contribution in [0.3, 0.4) is 0 Å². The molecular weight excluding hydrogens is 244 g/mol. The predicted molar refractivity (Wildman–Crippen MR) is 74.5 cm³/mol. The summed E-state index contributed by atoms with van der Waals surface area (Å²) in [6.45, 7) is 1.85. The largest absolute Gasteiger partial charge is 0.393 e. The Morgan fingerprint density at radius 1 is 1.05 bits per heavy atom. The van der Waals surface area contributed by atoms with Crippen LogP contribution in [0.15, 0.2) is 36.5 Å². The van der Waals surface area contributed by atoms with E-state index < -0.39 is 11.9 Å². The zero-order valence-electron chi connectivity index (χ0n) is 11.6. The molecule has 0 saturated carbocycles. The first-order chi connectivity index (χ1) is 9.16. The Morgan fingerprint density at radius 2 is 1.79 bits per heavy atom. The van der Waals surface area contributed by atoms with Crippen LogP contribution in [-0.2, 0) is 19.1 Å². The maximum absolute atomic E-state index is 11.0. The van der Waals surface area contributed by atoms with Gasteiger partial charge < -0.3 is 9.47 Å². The minimum atomic E-state index is -0.549. The van der Waals surface area contributed by atoms with Crippen molar-refractivity contribution in [1.82, 2.24) is 0 Å². The third-order valence-electron chi connectivity index (χ3n) is 2.09. The lowest BCUT2D eigenvalue weighted by atomic mass is 10.2. The van der Waals surface area contributed by atoms with E-state index in [0.717, 1.165) is 12.8 Å². The first-order valence-corrected chi connectivity index (χ1v) is 6.33. The number of allylic oxidation sites excluding steroid dienone is 5. The molecule has 0 aliphatic carbocycles.